The molecule has 0 radical (unpaired) electrons. The van der Waals surface area contributed by atoms with Crippen molar-refractivity contribution < 1.29 is 9.53 Å². The van der Waals surface area contributed by atoms with Gasteiger partial charge in [-0.1, -0.05) is 26.8 Å². The second-order valence-corrected chi connectivity index (χ2v) is 6.10. The molecule has 0 saturated heterocycles. The Morgan fingerprint density at radius 3 is 2.47 bits per heavy atom. The summed E-state index contributed by atoms with van der Waals surface area (Å²) in [6.45, 7) is 8.30. The van der Waals surface area contributed by atoms with Gasteiger partial charge in [0.15, 0.2) is 5.78 Å². The second-order valence-electron chi connectivity index (χ2n) is 6.10. The molecule has 0 aliphatic carbocycles. The van der Waals surface area contributed by atoms with E-state index in [-0.39, 0.29) is 17.2 Å². The summed E-state index contributed by atoms with van der Waals surface area (Å²) in [6, 6.07) is 5.88. The SMILES string of the molecule is COc1ccc(C(C)(C)C)cc1C(=O)CCC(C)N. The van der Waals surface area contributed by atoms with Crippen molar-refractivity contribution in [3.63, 3.8) is 0 Å². The van der Waals surface area contributed by atoms with E-state index in [9.17, 15) is 4.79 Å². The minimum absolute atomic E-state index is 0.0163. The maximum atomic E-state index is 12.3. The molecule has 0 saturated carbocycles. The fourth-order valence-electron chi connectivity index (χ4n) is 1.89. The monoisotopic (exact) mass is 263 g/mol. The normalized spacial score (nSPS) is 13.2. The predicted octanol–water partition coefficient (Wildman–Crippen LogP) is 3.30. The first kappa shape index (κ1) is 15.7. The van der Waals surface area contributed by atoms with Crippen molar-refractivity contribution >= 4 is 5.78 Å². The van der Waals surface area contributed by atoms with E-state index < -0.39 is 0 Å². The number of hydrogen-bond donors (Lipinski definition) is 1. The Labute approximate surface area is 116 Å². The van der Waals surface area contributed by atoms with Gasteiger partial charge < -0.3 is 10.5 Å². The van der Waals surface area contributed by atoms with Gasteiger partial charge in [0.1, 0.15) is 5.75 Å². The number of rotatable bonds is 5. The average molecular weight is 263 g/mol. The van der Waals surface area contributed by atoms with Gasteiger partial charge in [-0.3, -0.25) is 4.79 Å². The number of carbonyl (C=O) groups excluding carboxylic acids is 1. The maximum absolute atomic E-state index is 12.3. The number of hydrogen-bond acceptors (Lipinski definition) is 3. The third-order valence-electron chi connectivity index (χ3n) is 3.19. The molecule has 0 amide bonds. The second kappa shape index (κ2) is 6.20. The number of benzene rings is 1. The Kier molecular flexibility index (Phi) is 5.12. The van der Waals surface area contributed by atoms with Gasteiger partial charge in [-0.05, 0) is 36.5 Å². The summed E-state index contributed by atoms with van der Waals surface area (Å²) in [6.07, 6.45) is 1.16. The molecule has 0 fully saturated rings. The van der Waals surface area contributed by atoms with Gasteiger partial charge in [0.25, 0.3) is 0 Å². The van der Waals surface area contributed by atoms with E-state index >= 15 is 0 Å². The molecule has 1 aromatic rings. The zero-order chi connectivity index (χ0) is 14.6. The van der Waals surface area contributed by atoms with Crippen LogP contribution in [0.2, 0.25) is 0 Å². The molecule has 1 atom stereocenters. The van der Waals surface area contributed by atoms with Gasteiger partial charge in [-0.25, -0.2) is 0 Å². The van der Waals surface area contributed by atoms with E-state index in [0.29, 0.717) is 24.2 Å². The highest BCUT2D eigenvalue weighted by molar-refractivity contribution is 5.98. The van der Waals surface area contributed by atoms with Crippen LogP contribution in [0.15, 0.2) is 18.2 Å². The van der Waals surface area contributed by atoms with E-state index in [0.717, 1.165) is 5.56 Å². The Morgan fingerprint density at radius 1 is 1.37 bits per heavy atom. The largest absolute Gasteiger partial charge is 0.496 e. The lowest BCUT2D eigenvalue weighted by atomic mass is 9.85. The van der Waals surface area contributed by atoms with Gasteiger partial charge in [-0.15, -0.1) is 0 Å². The number of nitrogens with two attached hydrogens (primary N) is 1. The highest BCUT2D eigenvalue weighted by Gasteiger charge is 2.19. The molecule has 0 aromatic heterocycles. The molecule has 0 aliphatic heterocycles. The molecule has 0 heterocycles. The molecular weight excluding hydrogens is 238 g/mol. The minimum Gasteiger partial charge on any atom is -0.496 e. The molecular formula is C16H25NO2. The molecule has 1 aromatic carbocycles. The first-order valence-corrected chi connectivity index (χ1v) is 6.73. The van der Waals surface area contributed by atoms with Gasteiger partial charge in [0.2, 0.25) is 0 Å². The maximum Gasteiger partial charge on any atom is 0.166 e. The molecule has 0 aliphatic rings. The van der Waals surface area contributed by atoms with Gasteiger partial charge in [0.05, 0.1) is 12.7 Å². The highest BCUT2D eigenvalue weighted by Crippen LogP contribution is 2.28. The Hall–Kier alpha value is -1.35. The molecule has 106 valence electrons. The molecule has 19 heavy (non-hydrogen) atoms. The van der Waals surface area contributed by atoms with Crippen molar-refractivity contribution in [1.29, 1.82) is 0 Å². The van der Waals surface area contributed by atoms with Crippen LogP contribution < -0.4 is 10.5 Å². The molecule has 1 unspecified atom stereocenters. The zero-order valence-electron chi connectivity index (χ0n) is 12.6. The summed E-state index contributed by atoms with van der Waals surface area (Å²) in [5.74, 6) is 0.739. The molecule has 1 rings (SSSR count). The Morgan fingerprint density at radius 2 is 2.00 bits per heavy atom. The molecule has 3 nitrogen and oxygen atoms in total. The van der Waals surface area contributed by atoms with Crippen LogP contribution in [0, 0.1) is 0 Å². The lowest BCUT2D eigenvalue weighted by Crippen LogP contribution is -2.17. The van der Waals surface area contributed by atoms with Crippen molar-refractivity contribution in [1.82, 2.24) is 0 Å². The van der Waals surface area contributed by atoms with E-state index in [4.69, 9.17) is 10.5 Å². The van der Waals surface area contributed by atoms with E-state index in [1.165, 1.54) is 0 Å². The van der Waals surface area contributed by atoms with Gasteiger partial charge >= 0.3 is 0 Å². The topological polar surface area (TPSA) is 52.3 Å². The fraction of sp³-hybridized carbons (Fsp3) is 0.562. The summed E-state index contributed by atoms with van der Waals surface area (Å²) in [5.41, 5.74) is 7.52. The van der Waals surface area contributed by atoms with Crippen molar-refractivity contribution in [2.45, 2.75) is 52.0 Å². The van der Waals surface area contributed by atoms with Crippen LogP contribution >= 0.6 is 0 Å². The zero-order valence-corrected chi connectivity index (χ0v) is 12.6. The van der Waals surface area contributed by atoms with Crippen molar-refractivity contribution in [3.8, 4) is 5.75 Å². The Bertz CT molecular complexity index is 445. The molecule has 0 spiro atoms. The van der Waals surface area contributed by atoms with Crippen molar-refractivity contribution in [2.24, 2.45) is 5.73 Å². The van der Waals surface area contributed by atoms with Crippen LogP contribution in [0.5, 0.6) is 5.75 Å². The summed E-state index contributed by atoms with van der Waals surface area (Å²) >= 11 is 0. The number of Topliss-reactive ketones (excluding diaryl/α,β-unsaturated/α-hetero) is 1. The standard InChI is InChI=1S/C16H25NO2/c1-11(17)6-8-14(18)13-10-12(16(2,3)4)7-9-15(13)19-5/h7,9-11H,6,8,17H2,1-5H3. The summed E-state index contributed by atoms with van der Waals surface area (Å²) in [7, 11) is 1.59. The highest BCUT2D eigenvalue weighted by atomic mass is 16.5. The summed E-state index contributed by atoms with van der Waals surface area (Å²) < 4.78 is 5.29. The van der Waals surface area contributed by atoms with Crippen LogP contribution in [0.3, 0.4) is 0 Å². The van der Waals surface area contributed by atoms with E-state index in [2.05, 4.69) is 20.8 Å². The fourth-order valence-corrected chi connectivity index (χ4v) is 1.89. The van der Waals surface area contributed by atoms with E-state index in [1.54, 1.807) is 7.11 Å². The molecule has 3 heteroatoms. The lowest BCUT2D eigenvalue weighted by Gasteiger charge is -2.21. The number of methoxy groups -OCH3 is 1. The quantitative estimate of drug-likeness (QED) is 0.829. The predicted molar refractivity (Wildman–Crippen MR) is 78.9 cm³/mol. The minimum atomic E-state index is 0.0163. The third kappa shape index (κ3) is 4.35. The number of ketones is 1. The third-order valence-corrected chi connectivity index (χ3v) is 3.19. The van der Waals surface area contributed by atoms with Crippen LogP contribution in [-0.2, 0) is 5.41 Å². The average Bonchev–Trinajstić information content (AvgIpc) is 2.33. The van der Waals surface area contributed by atoms with Crippen LogP contribution in [0.25, 0.3) is 0 Å². The van der Waals surface area contributed by atoms with Crippen LogP contribution in [0.1, 0.15) is 56.5 Å². The van der Waals surface area contributed by atoms with Crippen LogP contribution in [-0.4, -0.2) is 18.9 Å². The number of ether oxygens (including phenoxy) is 1. The summed E-state index contributed by atoms with van der Waals surface area (Å²) in [5, 5.41) is 0. The lowest BCUT2D eigenvalue weighted by molar-refractivity contribution is 0.0975. The van der Waals surface area contributed by atoms with Crippen molar-refractivity contribution in [2.75, 3.05) is 7.11 Å². The first-order valence-electron chi connectivity index (χ1n) is 6.73. The summed E-state index contributed by atoms with van der Waals surface area (Å²) in [4.78, 5) is 12.3. The van der Waals surface area contributed by atoms with Crippen LogP contribution in [0.4, 0.5) is 0 Å². The first-order chi connectivity index (χ1) is 8.75. The van der Waals surface area contributed by atoms with Gasteiger partial charge in [0, 0.05) is 12.5 Å². The van der Waals surface area contributed by atoms with E-state index in [1.807, 2.05) is 25.1 Å². The number of carbonyl (C=O) groups is 1. The Balaban J connectivity index is 3.05. The van der Waals surface area contributed by atoms with Gasteiger partial charge in [-0.2, -0.15) is 0 Å². The molecule has 0 bridgehead atoms. The smallest absolute Gasteiger partial charge is 0.166 e. The molecule has 2 N–H and O–H groups in total. The van der Waals surface area contributed by atoms with Crippen molar-refractivity contribution in [3.05, 3.63) is 29.3 Å².